The molecule has 46 heavy (non-hydrogen) atoms. The molecule has 11 nitrogen and oxygen atoms in total. The minimum atomic E-state index is -0.995. The quantitative estimate of drug-likeness (QED) is 0.227. The Hall–Kier alpha value is -5.12. The van der Waals surface area contributed by atoms with Crippen molar-refractivity contribution < 1.29 is 19.5 Å². The molecule has 3 N–H and O–H groups in total. The van der Waals surface area contributed by atoms with Gasteiger partial charge in [0.2, 0.25) is 5.90 Å². The van der Waals surface area contributed by atoms with Crippen LogP contribution in [0.15, 0.2) is 71.4 Å². The van der Waals surface area contributed by atoms with Crippen LogP contribution >= 0.6 is 12.2 Å². The molecule has 0 fully saturated rings. The Kier molecular flexibility index (Phi) is 11.2. The molecule has 0 saturated carbocycles. The first-order valence-electron chi connectivity index (χ1n) is 14.9. The molecule has 1 atom stereocenters. The van der Waals surface area contributed by atoms with Crippen molar-refractivity contribution in [3.05, 3.63) is 88.9 Å². The maximum Gasteiger partial charge on any atom is 0.273 e. The van der Waals surface area contributed by atoms with Crippen LogP contribution in [0, 0.1) is 24.7 Å². The number of benzene rings is 2. The number of aryl methyl sites for hydroxylation is 2. The maximum atomic E-state index is 13.5. The Bertz CT molecular complexity index is 1780. The monoisotopic (exact) mass is 639 g/mol. The zero-order chi connectivity index (χ0) is 33.4. The summed E-state index contributed by atoms with van der Waals surface area (Å²) in [4.78, 5) is 46.7. The molecule has 2 aromatic carbocycles. The molecule has 12 heteroatoms. The highest BCUT2D eigenvalue weighted by atomic mass is 32.1. The highest BCUT2D eigenvalue weighted by Crippen LogP contribution is 2.23. The van der Waals surface area contributed by atoms with Gasteiger partial charge in [-0.25, -0.2) is 4.99 Å². The van der Waals surface area contributed by atoms with Gasteiger partial charge < -0.3 is 25.5 Å². The van der Waals surface area contributed by atoms with E-state index >= 15 is 0 Å². The molecule has 0 spiro atoms. The van der Waals surface area contributed by atoms with Crippen molar-refractivity contribution in [3.8, 4) is 11.8 Å². The standard InChI is InChI=1S/C34H37N7O4S/c1-6-41(7-2)17-16-35-31(42)24-11-9-13-26(20-24)39(4)34(45)28-21-36-32(43)27(30(28)46)15-14-23-10-8-12-25(19-23)37-33(44)29-18-22(3)38-40(29)5/h8-13,18-21,27H,6-7,16-17H2,1-5H3,(H,35,42)(H,36,43)(H,37,44). The summed E-state index contributed by atoms with van der Waals surface area (Å²) in [7, 11) is 3.27. The molecule has 0 bridgehead atoms. The summed E-state index contributed by atoms with van der Waals surface area (Å²) in [5, 5.41) is 20.5. The van der Waals surface area contributed by atoms with Crippen molar-refractivity contribution in [3.63, 3.8) is 0 Å². The lowest BCUT2D eigenvalue weighted by Gasteiger charge is -2.23. The zero-order valence-corrected chi connectivity index (χ0v) is 27.3. The van der Waals surface area contributed by atoms with E-state index in [4.69, 9.17) is 12.2 Å². The molecule has 0 radical (unpaired) electrons. The number of nitrogens with one attached hydrogen (secondary N) is 2. The summed E-state index contributed by atoms with van der Waals surface area (Å²) in [6.45, 7) is 9.01. The van der Waals surface area contributed by atoms with Gasteiger partial charge in [-0.2, -0.15) is 5.10 Å². The molecule has 1 aromatic heterocycles. The van der Waals surface area contributed by atoms with E-state index in [2.05, 4.69) is 51.3 Å². The average Bonchev–Trinajstić information content (AvgIpc) is 3.40. The second-order valence-corrected chi connectivity index (χ2v) is 11.1. The topological polar surface area (TPSA) is 132 Å². The Labute approximate surface area is 274 Å². The summed E-state index contributed by atoms with van der Waals surface area (Å²) in [6, 6.07) is 15.4. The van der Waals surface area contributed by atoms with Crippen LogP contribution in [0.3, 0.4) is 0 Å². The number of hydrogen-bond acceptors (Lipinski definition) is 7. The first-order chi connectivity index (χ1) is 22.0. The van der Waals surface area contributed by atoms with E-state index in [0.717, 1.165) is 25.3 Å². The Balaban J connectivity index is 1.44. The van der Waals surface area contributed by atoms with E-state index < -0.39 is 11.8 Å². The van der Waals surface area contributed by atoms with E-state index in [1.54, 1.807) is 68.7 Å². The molecular weight excluding hydrogens is 602 g/mol. The molecule has 238 valence electrons. The van der Waals surface area contributed by atoms with Crippen molar-refractivity contribution in [2.45, 2.75) is 20.8 Å². The lowest BCUT2D eigenvalue weighted by molar-refractivity contribution is -0.114. The summed E-state index contributed by atoms with van der Waals surface area (Å²) in [5.74, 6) is 3.57. The van der Waals surface area contributed by atoms with Crippen LogP contribution in [0.25, 0.3) is 0 Å². The molecular formula is C34H37N7O4S. The van der Waals surface area contributed by atoms with Crippen molar-refractivity contribution >= 4 is 52.1 Å². The third-order valence-corrected chi connectivity index (χ3v) is 7.92. The fourth-order valence-electron chi connectivity index (χ4n) is 4.80. The van der Waals surface area contributed by atoms with Gasteiger partial charge in [-0.1, -0.05) is 50.0 Å². The largest absolute Gasteiger partial charge is 0.495 e. The number of amides is 3. The van der Waals surface area contributed by atoms with Crippen molar-refractivity contribution in [2.24, 2.45) is 18.0 Å². The first-order valence-corrected chi connectivity index (χ1v) is 15.3. The third kappa shape index (κ3) is 8.12. The van der Waals surface area contributed by atoms with Gasteiger partial charge in [-0.3, -0.25) is 19.1 Å². The summed E-state index contributed by atoms with van der Waals surface area (Å²) >= 11 is 5.60. The number of anilines is 2. The maximum absolute atomic E-state index is 13.5. The van der Waals surface area contributed by atoms with E-state index in [0.29, 0.717) is 34.7 Å². The molecule has 3 aromatic rings. The summed E-state index contributed by atoms with van der Waals surface area (Å²) < 4.78 is 1.51. The summed E-state index contributed by atoms with van der Waals surface area (Å²) in [5.41, 5.74) is 3.25. The summed E-state index contributed by atoms with van der Waals surface area (Å²) in [6.07, 6.45) is 1.23. The number of aliphatic hydroxyl groups is 1. The minimum absolute atomic E-state index is 0.108. The lowest BCUT2D eigenvalue weighted by Crippen LogP contribution is -2.36. The number of carbonyl (C=O) groups excluding carboxylic acids is 3. The van der Waals surface area contributed by atoms with Crippen LogP contribution in [-0.4, -0.2) is 81.5 Å². The smallest absolute Gasteiger partial charge is 0.273 e. The molecule has 0 aliphatic carbocycles. The van der Waals surface area contributed by atoms with E-state index in [1.165, 1.54) is 15.8 Å². The predicted octanol–water partition coefficient (Wildman–Crippen LogP) is 3.91. The number of rotatable bonds is 10. The predicted molar refractivity (Wildman–Crippen MR) is 183 cm³/mol. The molecule has 2 heterocycles. The second-order valence-electron chi connectivity index (χ2n) is 10.6. The normalized spacial score (nSPS) is 14.1. The second kappa shape index (κ2) is 15.2. The van der Waals surface area contributed by atoms with Gasteiger partial charge in [-0.15, -0.1) is 0 Å². The molecule has 0 saturated heterocycles. The molecule has 4 rings (SSSR count). The number of likely N-dealkylation sites (N-methyl/N-ethyl adjacent to an activating group) is 2. The van der Waals surface area contributed by atoms with Gasteiger partial charge in [0, 0.05) is 55.9 Å². The van der Waals surface area contributed by atoms with Crippen LogP contribution < -0.4 is 15.5 Å². The number of aliphatic imine (C=N–C) groups is 1. The van der Waals surface area contributed by atoms with Gasteiger partial charge in [0.15, 0.2) is 0 Å². The zero-order valence-electron chi connectivity index (χ0n) is 26.5. The Morgan fingerprint density at radius 2 is 1.80 bits per heavy atom. The number of aliphatic hydroxyl groups excluding tert-OH is 1. The molecule has 3 amide bonds. The van der Waals surface area contributed by atoms with E-state index in [9.17, 15) is 19.5 Å². The highest BCUT2D eigenvalue weighted by Gasteiger charge is 2.31. The number of nitrogens with zero attached hydrogens (tertiary/aromatic N) is 5. The fraction of sp³-hybridized carbons (Fsp3) is 0.294. The number of thiocarbonyl (C=S) groups is 1. The molecule has 1 unspecified atom stereocenters. The number of aromatic nitrogens is 2. The van der Waals surface area contributed by atoms with Crippen molar-refractivity contribution in [1.82, 2.24) is 20.0 Å². The number of hydrogen-bond donors (Lipinski definition) is 3. The van der Waals surface area contributed by atoms with Gasteiger partial charge >= 0.3 is 0 Å². The van der Waals surface area contributed by atoms with Crippen LogP contribution in [-0.2, 0) is 11.8 Å². The average molecular weight is 640 g/mol. The Morgan fingerprint density at radius 3 is 2.50 bits per heavy atom. The SMILES string of the molecule is CCN(CC)CCNC(=O)c1cccc(N(C)C(=O)C2=CN=C(O)C(C#Cc3cccc(NC(=O)c4cc(C)nn4C)c3)C2=S)c1. The van der Waals surface area contributed by atoms with Crippen LogP contribution in [0.4, 0.5) is 11.4 Å². The van der Waals surface area contributed by atoms with Crippen LogP contribution in [0.1, 0.15) is 46.0 Å². The number of carbonyl (C=O) groups is 3. The fourth-order valence-corrected chi connectivity index (χ4v) is 5.11. The minimum Gasteiger partial charge on any atom is -0.495 e. The van der Waals surface area contributed by atoms with Crippen LogP contribution in [0.2, 0.25) is 0 Å². The highest BCUT2D eigenvalue weighted by molar-refractivity contribution is 7.81. The van der Waals surface area contributed by atoms with Gasteiger partial charge in [0.25, 0.3) is 17.7 Å². The van der Waals surface area contributed by atoms with Crippen LogP contribution in [0.5, 0.6) is 0 Å². The van der Waals surface area contributed by atoms with Gasteiger partial charge in [-0.05, 0) is 62.5 Å². The van der Waals surface area contributed by atoms with E-state index in [1.807, 2.05) is 6.92 Å². The van der Waals surface area contributed by atoms with Gasteiger partial charge in [0.05, 0.1) is 16.1 Å². The lowest BCUT2D eigenvalue weighted by atomic mass is 9.96. The Morgan fingerprint density at radius 1 is 1.07 bits per heavy atom. The van der Waals surface area contributed by atoms with Crippen molar-refractivity contribution in [2.75, 3.05) is 43.4 Å². The van der Waals surface area contributed by atoms with E-state index in [-0.39, 0.29) is 28.1 Å². The first kappa shape index (κ1) is 33.8. The molecule has 1 aliphatic heterocycles. The molecule has 1 aliphatic rings. The van der Waals surface area contributed by atoms with Gasteiger partial charge in [0.1, 0.15) is 11.6 Å². The third-order valence-electron chi connectivity index (χ3n) is 7.47. The van der Waals surface area contributed by atoms with Crippen molar-refractivity contribution in [1.29, 1.82) is 0 Å².